The van der Waals surface area contributed by atoms with Crippen molar-refractivity contribution in [2.75, 3.05) is 6.54 Å². The van der Waals surface area contributed by atoms with Crippen molar-refractivity contribution in [2.24, 2.45) is 29.4 Å². The number of phenolic OH excluding ortho intramolecular Hbond substituents is 1. The molecule has 228 valence electrons. The van der Waals surface area contributed by atoms with E-state index in [0.29, 0.717) is 38.6 Å². The van der Waals surface area contributed by atoms with E-state index in [1.54, 1.807) is 0 Å². The van der Waals surface area contributed by atoms with E-state index in [1.165, 1.54) is 0 Å². The van der Waals surface area contributed by atoms with Crippen LogP contribution in [0.4, 0.5) is 13.2 Å². The number of hydrogen-bond acceptors (Lipinski definition) is 8. The fourth-order valence-corrected chi connectivity index (χ4v) is 7.94. The molecule has 9 nitrogen and oxygen atoms in total. The average Bonchev–Trinajstić information content (AvgIpc) is 3.44. The van der Waals surface area contributed by atoms with Gasteiger partial charge in [-0.15, -0.1) is 0 Å². The summed E-state index contributed by atoms with van der Waals surface area (Å²) >= 11 is 0. The van der Waals surface area contributed by atoms with E-state index in [4.69, 9.17) is 5.73 Å². The van der Waals surface area contributed by atoms with Crippen molar-refractivity contribution in [3.8, 4) is 5.75 Å². The van der Waals surface area contributed by atoms with E-state index >= 15 is 0 Å². The first-order valence-electron chi connectivity index (χ1n) is 14.4. The first-order valence-corrected chi connectivity index (χ1v) is 14.4. The highest BCUT2D eigenvalue weighted by Crippen LogP contribution is 2.57. The third-order valence-corrected chi connectivity index (χ3v) is 9.70. The lowest BCUT2D eigenvalue weighted by molar-refractivity contribution is -0.150. The van der Waals surface area contributed by atoms with Crippen molar-refractivity contribution in [2.45, 2.75) is 76.6 Å². The van der Waals surface area contributed by atoms with Crippen molar-refractivity contribution in [3.63, 3.8) is 0 Å². The number of ketones is 2. The Morgan fingerprint density at radius 1 is 1.21 bits per heavy atom. The largest absolute Gasteiger partial charge is 0.511 e. The molecule has 12 heteroatoms. The minimum Gasteiger partial charge on any atom is -0.511 e. The molecule has 6 atom stereocenters. The van der Waals surface area contributed by atoms with Crippen molar-refractivity contribution in [1.29, 1.82) is 0 Å². The second kappa shape index (κ2) is 10.4. The predicted molar refractivity (Wildman–Crippen MR) is 143 cm³/mol. The Labute approximate surface area is 240 Å². The number of rotatable bonds is 6. The third-order valence-electron chi connectivity index (χ3n) is 9.70. The SMILES string of the molecule is CCC[C@@H](CC)C1C(O)=C(C(N)=O)C(=O)[C@@]2(O)C(O)=C3C(=O)c4c(O)cc(C5CCCN5)c(C(F)(F)F)c4C[C@H]3C[C@@H]12. The van der Waals surface area contributed by atoms with Crippen LogP contribution in [0.5, 0.6) is 5.75 Å². The summed E-state index contributed by atoms with van der Waals surface area (Å²) in [7, 11) is 0. The van der Waals surface area contributed by atoms with Gasteiger partial charge in [0.2, 0.25) is 5.78 Å². The minimum absolute atomic E-state index is 0.167. The van der Waals surface area contributed by atoms with Gasteiger partial charge in [-0.2, -0.15) is 13.2 Å². The zero-order valence-corrected chi connectivity index (χ0v) is 23.3. The van der Waals surface area contributed by atoms with E-state index in [1.807, 2.05) is 13.8 Å². The number of carbonyl (C=O) groups is 3. The molecule has 4 aliphatic rings. The van der Waals surface area contributed by atoms with E-state index in [9.17, 15) is 48.0 Å². The zero-order chi connectivity index (χ0) is 30.9. The number of aromatic hydroxyl groups is 1. The van der Waals surface area contributed by atoms with Gasteiger partial charge in [0.15, 0.2) is 11.4 Å². The Hall–Kier alpha value is -3.38. The lowest BCUT2D eigenvalue weighted by atomic mass is 9.54. The van der Waals surface area contributed by atoms with E-state index < -0.39 is 105 Å². The van der Waals surface area contributed by atoms with Crippen LogP contribution in [0.15, 0.2) is 28.7 Å². The monoisotopic (exact) mass is 592 g/mol. The predicted octanol–water partition coefficient (Wildman–Crippen LogP) is 4.08. The topological polar surface area (TPSA) is 170 Å². The van der Waals surface area contributed by atoms with Gasteiger partial charge in [-0.25, -0.2) is 0 Å². The molecule has 5 rings (SSSR count). The number of allylic oxidation sites excluding steroid dienone is 2. The van der Waals surface area contributed by atoms with Crippen LogP contribution < -0.4 is 11.1 Å². The Balaban J connectivity index is 1.74. The fraction of sp³-hybridized carbons (Fsp3) is 0.567. The maximum absolute atomic E-state index is 14.6. The number of aliphatic hydroxyl groups is 3. The summed E-state index contributed by atoms with van der Waals surface area (Å²) in [5, 5.41) is 48.4. The van der Waals surface area contributed by atoms with Crippen molar-refractivity contribution < 1.29 is 48.0 Å². The van der Waals surface area contributed by atoms with Gasteiger partial charge < -0.3 is 31.5 Å². The molecule has 0 saturated carbocycles. The van der Waals surface area contributed by atoms with Gasteiger partial charge in [0.25, 0.3) is 5.91 Å². The molecule has 7 N–H and O–H groups in total. The number of fused-ring (bicyclic) bond motifs is 3. The highest BCUT2D eigenvalue weighted by Gasteiger charge is 2.63. The van der Waals surface area contributed by atoms with Crippen LogP contribution in [0, 0.1) is 23.7 Å². The van der Waals surface area contributed by atoms with Crippen LogP contribution in [0.25, 0.3) is 0 Å². The molecule has 2 unspecified atom stereocenters. The van der Waals surface area contributed by atoms with Crippen molar-refractivity contribution >= 4 is 17.5 Å². The number of halogens is 3. The Bertz CT molecular complexity index is 1430. The molecule has 1 saturated heterocycles. The third kappa shape index (κ3) is 4.24. The van der Waals surface area contributed by atoms with Crippen LogP contribution >= 0.6 is 0 Å². The van der Waals surface area contributed by atoms with E-state index in [2.05, 4.69) is 5.32 Å². The first-order chi connectivity index (χ1) is 19.7. The zero-order valence-electron chi connectivity index (χ0n) is 23.3. The maximum Gasteiger partial charge on any atom is 0.417 e. The molecule has 0 spiro atoms. The number of alkyl halides is 3. The second-order valence-electron chi connectivity index (χ2n) is 11.9. The number of phenols is 1. The molecule has 0 bridgehead atoms. The van der Waals surface area contributed by atoms with E-state index in [-0.39, 0.29) is 17.9 Å². The Morgan fingerprint density at radius 3 is 2.45 bits per heavy atom. The normalized spacial score (nSPS) is 30.2. The van der Waals surface area contributed by atoms with Crippen LogP contribution in [0.2, 0.25) is 0 Å². The molecule has 1 aromatic carbocycles. The molecule has 1 aromatic rings. The average molecular weight is 593 g/mol. The number of amides is 1. The van der Waals surface area contributed by atoms with Gasteiger partial charge in [-0.05, 0) is 61.3 Å². The Morgan fingerprint density at radius 2 is 1.90 bits per heavy atom. The quantitative estimate of drug-likeness (QED) is 0.269. The number of nitrogens with one attached hydrogen (secondary N) is 1. The van der Waals surface area contributed by atoms with Gasteiger partial charge in [0.05, 0.1) is 11.1 Å². The maximum atomic E-state index is 14.6. The lowest BCUT2D eigenvalue weighted by Crippen LogP contribution is -2.61. The molecule has 1 aliphatic heterocycles. The molecule has 0 aromatic heterocycles. The van der Waals surface area contributed by atoms with Gasteiger partial charge in [-0.1, -0.05) is 33.1 Å². The summed E-state index contributed by atoms with van der Waals surface area (Å²) in [6.45, 7) is 4.19. The standard InChI is InChI=1S/C30H35F3N2O7/c1-3-6-12(4-2)19-16-10-13-9-15-21(18(36)11-14(17-7-5-8-35-17)23(15)30(31,32)33)25(38)20(13)26(39)29(16,42)27(40)22(24(19)37)28(34)41/h11-13,16-17,19,35-37,39,42H,3-10H2,1-2H3,(H2,34,41)/t12-,13+,16+,17?,19?,29+/m1/s1. The van der Waals surface area contributed by atoms with Gasteiger partial charge in [0, 0.05) is 23.5 Å². The van der Waals surface area contributed by atoms with Gasteiger partial charge in [0.1, 0.15) is 22.8 Å². The van der Waals surface area contributed by atoms with Crippen molar-refractivity contribution in [1.82, 2.24) is 5.32 Å². The minimum atomic E-state index is -4.87. The Kier molecular flexibility index (Phi) is 7.46. The summed E-state index contributed by atoms with van der Waals surface area (Å²) in [6, 6.07) is 0.245. The van der Waals surface area contributed by atoms with Gasteiger partial charge in [-0.3, -0.25) is 14.4 Å². The summed E-state index contributed by atoms with van der Waals surface area (Å²) < 4.78 is 43.9. The molecule has 3 aliphatic carbocycles. The summed E-state index contributed by atoms with van der Waals surface area (Å²) in [5.41, 5.74) is -1.00. The molecular weight excluding hydrogens is 557 g/mol. The number of carbonyl (C=O) groups excluding carboxylic acids is 3. The van der Waals surface area contributed by atoms with Crippen LogP contribution in [0.1, 0.15) is 85.5 Å². The highest BCUT2D eigenvalue weighted by atomic mass is 19.4. The van der Waals surface area contributed by atoms with E-state index in [0.717, 1.165) is 6.07 Å². The number of aliphatic hydroxyl groups excluding tert-OH is 2. The summed E-state index contributed by atoms with van der Waals surface area (Å²) in [5.74, 6) is -9.97. The smallest absolute Gasteiger partial charge is 0.417 e. The number of nitrogens with two attached hydrogens (primary N) is 1. The van der Waals surface area contributed by atoms with Crippen LogP contribution in [0.3, 0.4) is 0 Å². The first kappa shape index (κ1) is 30.1. The lowest BCUT2D eigenvalue weighted by Gasteiger charge is -2.50. The molecule has 0 radical (unpaired) electrons. The molecule has 1 heterocycles. The molecule has 42 heavy (non-hydrogen) atoms. The fourth-order valence-electron chi connectivity index (χ4n) is 7.94. The summed E-state index contributed by atoms with van der Waals surface area (Å²) in [4.78, 5) is 39.7. The number of Topliss-reactive ketones (excluding diaryl/α,β-unsaturated/α-hetero) is 2. The van der Waals surface area contributed by atoms with Crippen LogP contribution in [-0.2, 0) is 22.2 Å². The van der Waals surface area contributed by atoms with Crippen molar-refractivity contribution in [3.05, 3.63) is 51.0 Å². The molecule has 1 amide bonds. The molecular formula is C30H35F3N2O7. The number of primary amides is 1. The van der Waals surface area contributed by atoms with Crippen LogP contribution in [-0.4, -0.2) is 50.0 Å². The summed E-state index contributed by atoms with van der Waals surface area (Å²) in [6.07, 6.45) is -2.87. The number of benzene rings is 1. The highest BCUT2D eigenvalue weighted by molar-refractivity contribution is 6.24. The van der Waals surface area contributed by atoms with Gasteiger partial charge >= 0.3 is 6.18 Å². The second-order valence-corrected chi connectivity index (χ2v) is 11.9. The number of hydrogen-bond donors (Lipinski definition) is 6. The molecule has 1 fully saturated rings.